The molecule has 0 saturated heterocycles. The Morgan fingerprint density at radius 1 is 1.47 bits per heavy atom. The summed E-state index contributed by atoms with van der Waals surface area (Å²) in [5, 5.41) is 12.4. The molecule has 17 heavy (non-hydrogen) atoms. The molecule has 0 aromatic heterocycles. The molecular formula is C13H21NO2S. The SMILES string of the molecule is CCNC(CO)CCSc1cccc(OC)c1. The van der Waals surface area contributed by atoms with Gasteiger partial charge in [0.2, 0.25) is 0 Å². The first-order valence-corrected chi connectivity index (χ1v) is 6.89. The van der Waals surface area contributed by atoms with Gasteiger partial charge >= 0.3 is 0 Å². The van der Waals surface area contributed by atoms with E-state index in [4.69, 9.17) is 9.84 Å². The average molecular weight is 255 g/mol. The molecule has 96 valence electrons. The molecule has 0 aliphatic heterocycles. The van der Waals surface area contributed by atoms with Crippen LogP contribution in [-0.2, 0) is 0 Å². The van der Waals surface area contributed by atoms with Gasteiger partial charge in [0, 0.05) is 10.9 Å². The summed E-state index contributed by atoms with van der Waals surface area (Å²) in [5.74, 6) is 1.88. The molecule has 0 spiro atoms. The summed E-state index contributed by atoms with van der Waals surface area (Å²) < 4.78 is 5.18. The van der Waals surface area contributed by atoms with E-state index in [1.165, 1.54) is 4.90 Å². The fourth-order valence-corrected chi connectivity index (χ4v) is 2.57. The van der Waals surface area contributed by atoms with E-state index >= 15 is 0 Å². The number of ether oxygens (including phenoxy) is 1. The van der Waals surface area contributed by atoms with Crippen LogP contribution in [0.15, 0.2) is 29.2 Å². The van der Waals surface area contributed by atoms with E-state index in [0.717, 1.165) is 24.5 Å². The van der Waals surface area contributed by atoms with Gasteiger partial charge < -0.3 is 15.2 Å². The largest absolute Gasteiger partial charge is 0.497 e. The molecule has 4 heteroatoms. The van der Waals surface area contributed by atoms with Crippen molar-refractivity contribution in [2.75, 3.05) is 26.0 Å². The quantitative estimate of drug-likeness (QED) is 0.698. The number of thioether (sulfide) groups is 1. The molecule has 3 nitrogen and oxygen atoms in total. The molecule has 1 atom stereocenters. The third-order valence-electron chi connectivity index (χ3n) is 2.49. The molecule has 0 heterocycles. The molecule has 0 radical (unpaired) electrons. The first-order chi connectivity index (χ1) is 8.30. The Labute approximate surface area is 108 Å². The maximum atomic E-state index is 9.14. The standard InChI is InChI=1S/C13H21NO2S/c1-3-14-11(10-15)7-8-17-13-6-4-5-12(9-13)16-2/h4-6,9,11,14-15H,3,7-8,10H2,1-2H3. The van der Waals surface area contributed by atoms with Gasteiger partial charge in [0.1, 0.15) is 5.75 Å². The molecular weight excluding hydrogens is 234 g/mol. The van der Waals surface area contributed by atoms with E-state index in [1.54, 1.807) is 18.9 Å². The van der Waals surface area contributed by atoms with Crippen molar-refractivity contribution < 1.29 is 9.84 Å². The van der Waals surface area contributed by atoms with Crippen molar-refractivity contribution in [2.24, 2.45) is 0 Å². The predicted octanol–water partition coefficient (Wildman–Crippen LogP) is 2.15. The summed E-state index contributed by atoms with van der Waals surface area (Å²) in [7, 11) is 1.68. The normalized spacial score (nSPS) is 12.4. The number of rotatable bonds is 8. The average Bonchev–Trinajstić information content (AvgIpc) is 2.38. The zero-order valence-electron chi connectivity index (χ0n) is 10.5. The van der Waals surface area contributed by atoms with Crippen molar-refractivity contribution in [3.63, 3.8) is 0 Å². The number of aliphatic hydroxyl groups excluding tert-OH is 1. The highest BCUT2D eigenvalue weighted by Gasteiger charge is 2.05. The van der Waals surface area contributed by atoms with Crippen LogP contribution in [0.5, 0.6) is 5.75 Å². The van der Waals surface area contributed by atoms with Crippen LogP contribution in [0.2, 0.25) is 0 Å². The molecule has 1 aromatic rings. The molecule has 1 aromatic carbocycles. The van der Waals surface area contributed by atoms with Crippen molar-refractivity contribution in [1.82, 2.24) is 5.32 Å². The minimum atomic E-state index is 0.201. The monoisotopic (exact) mass is 255 g/mol. The Balaban J connectivity index is 2.34. The number of benzene rings is 1. The highest BCUT2D eigenvalue weighted by atomic mass is 32.2. The maximum Gasteiger partial charge on any atom is 0.119 e. The minimum Gasteiger partial charge on any atom is -0.497 e. The molecule has 0 fully saturated rings. The lowest BCUT2D eigenvalue weighted by atomic mass is 10.2. The van der Waals surface area contributed by atoms with E-state index in [9.17, 15) is 0 Å². The Bertz CT molecular complexity index is 320. The summed E-state index contributed by atoms with van der Waals surface area (Å²) in [6.07, 6.45) is 0.965. The Morgan fingerprint density at radius 3 is 2.94 bits per heavy atom. The van der Waals surface area contributed by atoms with Crippen LogP contribution >= 0.6 is 11.8 Å². The van der Waals surface area contributed by atoms with E-state index in [1.807, 2.05) is 18.2 Å². The molecule has 0 amide bonds. The number of hydrogen-bond donors (Lipinski definition) is 2. The molecule has 2 N–H and O–H groups in total. The second kappa shape index (κ2) is 8.39. The smallest absolute Gasteiger partial charge is 0.119 e. The van der Waals surface area contributed by atoms with E-state index in [2.05, 4.69) is 18.3 Å². The predicted molar refractivity (Wildman–Crippen MR) is 72.9 cm³/mol. The zero-order chi connectivity index (χ0) is 12.5. The summed E-state index contributed by atoms with van der Waals surface area (Å²) in [6, 6.07) is 8.26. The van der Waals surface area contributed by atoms with E-state index < -0.39 is 0 Å². The van der Waals surface area contributed by atoms with Crippen LogP contribution in [0.1, 0.15) is 13.3 Å². The van der Waals surface area contributed by atoms with E-state index in [0.29, 0.717) is 0 Å². The lowest BCUT2D eigenvalue weighted by molar-refractivity contribution is 0.242. The van der Waals surface area contributed by atoms with Crippen molar-refractivity contribution in [1.29, 1.82) is 0 Å². The van der Waals surface area contributed by atoms with Gasteiger partial charge in [-0.2, -0.15) is 0 Å². The number of likely N-dealkylation sites (N-methyl/N-ethyl adjacent to an activating group) is 1. The molecule has 0 bridgehead atoms. The van der Waals surface area contributed by atoms with Crippen LogP contribution < -0.4 is 10.1 Å². The van der Waals surface area contributed by atoms with Gasteiger partial charge in [-0.25, -0.2) is 0 Å². The third kappa shape index (κ3) is 5.44. The number of hydrogen-bond acceptors (Lipinski definition) is 4. The van der Waals surface area contributed by atoms with Gasteiger partial charge in [-0.3, -0.25) is 0 Å². The van der Waals surface area contributed by atoms with Crippen LogP contribution in [0, 0.1) is 0 Å². The molecule has 0 aliphatic carbocycles. The van der Waals surface area contributed by atoms with Crippen molar-refractivity contribution in [2.45, 2.75) is 24.3 Å². The highest BCUT2D eigenvalue weighted by molar-refractivity contribution is 7.99. The molecule has 1 unspecified atom stereocenters. The second-order valence-corrected chi connectivity index (χ2v) is 4.92. The lowest BCUT2D eigenvalue weighted by Gasteiger charge is -2.14. The third-order valence-corrected chi connectivity index (χ3v) is 3.52. The Kier molecular flexibility index (Phi) is 7.08. The van der Waals surface area contributed by atoms with E-state index in [-0.39, 0.29) is 12.6 Å². The van der Waals surface area contributed by atoms with Gasteiger partial charge in [0.05, 0.1) is 13.7 Å². The summed E-state index contributed by atoms with van der Waals surface area (Å²) >= 11 is 1.79. The number of nitrogens with one attached hydrogen (secondary N) is 1. The summed E-state index contributed by atoms with van der Waals surface area (Å²) in [5.41, 5.74) is 0. The van der Waals surface area contributed by atoms with Gasteiger partial charge in [-0.05, 0) is 36.9 Å². The first-order valence-electron chi connectivity index (χ1n) is 5.91. The van der Waals surface area contributed by atoms with Crippen LogP contribution in [0.3, 0.4) is 0 Å². The van der Waals surface area contributed by atoms with Crippen molar-refractivity contribution >= 4 is 11.8 Å². The zero-order valence-corrected chi connectivity index (χ0v) is 11.3. The molecule has 1 rings (SSSR count). The molecule has 0 aliphatic rings. The van der Waals surface area contributed by atoms with Crippen molar-refractivity contribution in [3.05, 3.63) is 24.3 Å². The Morgan fingerprint density at radius 2 is 2.29 bits per heavy atom. The Hall–Kier alpha value is -0.710. The second-order valence-electron chi connectivity index (χ2n) is 3.75. The summed E-state index contributed by atoms with van der Waals surface area (Å²) in [4.78, 5) is 1.21. The van der Waals surface area contributed by atoms with Gasteiger partial charge in [-0.1, -0.05) is 13.0 Å². The van der Waals surface area contributed by atoms with Gasteiger partial charge in [-0.15, -0.1) is 11.8 Å². The van der Waals surface area contributed by atoms with Gasteiger partial charge in [0.15, 0.2) is 0 Å². The molecule has 0 saturated carbocycles. The number of methoxy groups -OCH3 is 1. The maximum absolute atomic E-state index is 9.14. The topological polar surface area (TPSA) is 41.5 Å². The van der Waals surface area contributed by atoms with Gasteiger partial charge in [0.25, 0.3) is 0 Å². The number of aliphatic hydroxyl groups is 1. The van der Waals surface area contributed by atoms with Crippen LogP contribution in [0.25, 0.3) is 0 Å². The minimum absolute atomic E-state index is 0.201. The van der Waals surface area contributed by atoms with Crippen LogP contribution in [0.4, 0.5) is 0 Å². The fraction of sp³-hybridized carbons (Fsp3) is 0.538. The fourth-order valence-electron chi connectivity index (χ4n) is 1.56. The first kappa shape index (κ1) is 14.4. The highest BCUT2D eigenvalue weighted by Crippen LogP contribution is 2.23. The lowest BCUT2D eigenvalue weighted by Crippen LogP contribution is -2.32. The van der Waals surface area contributed by atoms with Crippen LogP contribution in [-0.4, -0.2) is 37.2 Å². The van der Waals surface area contributed by atoms with Crippen molar-refractivity contribution in [3.8, 4) is 5.75 Å². The summed E-state index contributed by atoms with van der Waals surface area (Å²) in [6.45, 7) is 3.15.